The summed E-state index contributed by atoms with van der Waals surface area (Å²) >= 11 is 0. The molecule has 0 aromatic heterocycles. The molecule has 1 saturated heterocycles. The number of methoxy groups -OCH3 is 1. The summed E-state index contributed by atoms with van der Waals surface area (Å²) in [5.41, 5.74) is -0.0613. The van der Waals surface area contributed by atoms with Gasteiger partial charge in [-0.25, -0.2) is 0 Å². The molecule has 4 nitrogen and oxygen atoms in total. The van der Waals surface area contributed by atoms with Crippen molar-refractivity contribution in [1.29, 1.82) is 0 Å². The van der Waals surface area contributed by atoms with E-state index in [1.807, 2.05) is 11.8 Å². The fourth-order valence-corrected chi connectivity index (χ4v) is 2.66. The summed E-state index contributed by atoms with van der Waals surface area (Å²) in [5.74, 6) is 0.235. The zero-order valence-electron chi connectivity index (χ0n) is 10.5. The van der Waals surface area contributed by atoms with Gasteiger partial charge in [-0.2, -0.15) is 0 Å². The van der Waals surface area contributed by atoms with Crippen LogP contribution in [-0.2, 0) is 9.53 Å². The molecule has 1 N–H and O–H groups in total. The molecule has 1 aliphatic carbocycles. The summed E-state index contributed by atoms with van der Waals surface area (Å²) in [6.07, 6.45) is 4.38. The van der Waals surface area contributed by atoms with Crippen molar-refractivity contribution in [3.05, 3.63) is 0 Å². The summed E-state index contributed by atoms with van der Waals surface area (Å²) in [5, 5.41) is 3.32. The lowest BCUT2D eigenvalue weighted by molar-refractivity contribution is -0.139. The first kappa shape index (κ1) is 11.9. The van der Waals surface area contributed by atoms with Crippen LogP contribution in [0.2, 0.25) is 0 Å². The van der Waals surface area contributed by atoms with E-state index in [-0.39, 0.29) is 23.7 Å². The third-order valence-electron chi connectivity index (χ3n) is 4.06. The van der Waals surface area contributed by atoms with Crippen molar-refractivity contribution in [1.82, 2.24) is 10.2 Å². The van der Waals surface area contributed by atoms with Crippen molar-refractivity contribution in [2.24, 2.45) is 0 Å². The highest BCUT2D eigenvalue weighted by atomic mass is 16.5. The van der Waals surface area contributed by atoms with Gasteiger partial charge in [0.1, 0.15) is 0 Å². The molecule has 16 heavy (non-hydrogen) atoms. The fourth-order valence-electron chi connectivity index (χ4n) is 2.66. The van der Waals surface area contributed by atoms with E-state index in [4.69, 9.17) is 4.74 Å². The van der Waals surface area contributed by atoms with Crippen molar-refractivity contribution in [3.8, 4) is 0 Å². The van der Waals surface area contributed by atoms with Crippen molar-refractivity contribution in [2.75, 3.05) is 13.7 Å². The minimum Gasteiger partial charge on any atom is -0.376 e. The molecule has 2 aliphatic rings. The summed E-state index contributed by atoms with van der Waals surface area (Å²) < 4.78 is 5.58. The molecular formula is C12H22N2O2. The van der Waals surface area contributed by atoms with Gasteiger partial charge in [-0.1, -0.05) is 6.92 Å². The van der Waals surface area contributed by atoms with E-state index in [0.717, 1.165) is 25.8 Å². The van der Waals surface area contributed by atoms with Crippen LogP contribution in [0.5, 0.6) is 0 Å². The normalized spacial score (nSPS) is 32.9. The lowest BCUT2D eigenvalue weighted by Crippen LogP contribution is -2.52. The average molecular weight is 226 g/mol. The predicted octanol–water partition coefficient (Wildman–Crippen LogP) is 1.11. The van der Waals surface area contributed by atoms with E-state index in [2.05, 4.69) is 12.2 Å². The smallest absolute Gasteiger partial charge is 0.241 e. The standard InChI is InChI=1S/C12H22N2O2/c1-4-10-11(15)14(9(2)13-10)8-12(16-3)6-5-7-12/h9-10,13H,4-8H2,1-3H3. The summed E-state index contributed by atoms with van der Waals surface area (Å²) in [6.45, 7) is 4.84. The highest BCUT2D eigenvalue weighted by molar-refractivity contribution is 5.84. The van der Waals surface area contributed by atoms with E-state index in [9.17, 15) is 4.79 Å². The second-order valence-electron chi connectivity index (χ2n) is 5.01. The Hall–Kier alpha value is -0.610. The lowest BCUT2D eigenvalue weighted by atomic mass is 9.79. The van der Waals surface area contributed by atoms with Gasteiger partial charge in [-0.15, -0.1) is 0 Å². The minimum atomic E-state index is -0.0613. The molecule has 2 atom stereocenters. The molecule has 0 bridgehead atoms. The molecule has 1 saturated carbocycles. The Balaban J connectivity index is 2.01. The molecule has 92 valence electrons. The second-order valence-corrected chi connectivity index (χ2v) is 5.01. The Morgan fingerprint density at radius 2 is 2.25 bits per heavy atom. The second kappa shape index (κ2) is 4.34. The minimum absolute atomic E-state index is 0.00369. The van der Waals surface area contributed by atoms with Gasteiger partial charge < -0.3 is 9.64 Å². The highest BCUT2D eigenvalue weighted by Gasteiger charge is 2.44. The summed E-state index contributed by atoms with van der Waals surface area (Å²) in [4.78, 5) is 14.0. The average Bonchev–Trinajstić information content (AvgIpc) is 2.49. The first-order valence-corrected chi connectivity index (χ1v) is 6.23. The van der Waals surface area contributed by atoms with E-state index >= 15 is 0 Å². The van der Waals surface area contributed by atoms with Crippen LogP contribution < -0.4 is 5.32 Å². The van der Waals surface area contributed by atoms with E-state index in [1.165, 1.54) is 6.42 Å². The highest BCUT2D eigenvalue weighted by Crippen LogP contribution is 2.36. The van der Waals surface area contributed by atoms with Gasteiger partial charge in [0, 0.05) is 7.11 Å². The quantitative estimate of drug-likeness (QED) is 0.781. The Labute approximate surface area is 97.3 Å². The van der Waals surface area contributed by atoms with Crippen LogP contribution in [0, 0.1) is 0 Å². The lowest BCUT2D eigenvalue weighted by Gasteiger charge is -2.43. The number of ether oxygens (including phenoxy) is 1. The van der Waals surface area contributed by atoms with Crippen molar-refractivity contribution in [3.63, 3.8) is 0 Å². The molecule has 2 rings (SSSR count). The monoisotopic (exact) mass is 226 g/mol. The van der Waals surface area contributed by atoms with Crippen molar-refractivity contribution < 1.29 is 9.53 Å². The molecule has 1 amide bonds. The molecule has 0 aromatic carbocycles. The zero-order valence-corrected chi connectivity index (χ0v) is 10.5. The van der Waals surface area contributed by atoms with E-state index < -0.39 is 0 Å². The maximum absolute atomic E-state index is 12.1. The van der Waals surface area contributed by atoms with Gasteiger partial charge in [0.15, 0.2) is 0 Å². The Bertz CT molecular complexity index is 271. The molecule has 2 unspecified atom stereocenters. The number of nitrogens with one attached hydrogen (secondary N) is 1. The molecule has 0 aromatic rings. The first-order chi connectivity index (χ1) is 7.62. The number of hydrogen-bond acceptors (Lipinski definition) is 3. The predicted molar refractivity (Wildman–Crippen MR) is 62.0 cm³/mol. The Morgan fingerprint density at radius 3 is 2.62 bits per heavy atom. The van der Waals surface area contributed by atoms with Gasteiger partial charge in [0.05, 0.1) is 24.4 Å². The van der Waals surface area contributed by atoms with Gasteiger partial charge >= 0.3 is 0 Å². The van der Waals surface area contributed by atoms with Crippen molar-refractivity contribution >= 4 is 5.91 Å². The van der Waals surface area contributed by atoms with Gasteiger partial charge in [-0.3, -0.25) is 10.1 Å². The third-order valence-corrected chi connectivity index (χ3v) is 4.06. The van der Waals surface area contributed by atoms with Gasteiger partial charge in [0.25, 0.3) is 0 Å². The SMILES string of the molecule is CCC1NC(C)N(CC2(OC)CCC2)C1=O. The molecule has 1 aliphatic heterocycles. The van der Waals surface area contributed by atoms with Crippen LogP contribution in [0.3, 0.4) is 0 Å². The largest absolute Gasteiger partial charge is 0.376 e. The fraction of sp³-hybridized carbons (Fsp3) is 0.917. The summed E-state index contributed by atoms with van der Waals surface area (Å²) in [6, 6.07) is 0.00369. The van der Waals surface area contributed by atoms with Gasteiger partial charge in [-0.05, 0) is 32.6 Å². The summed E-state index contributed by atoms with van der Waals surface area (Å²) in [7, 11) is 1.76. The molecule has 2 fully saturated rings. The number of nitrogens with zero attached hydrogens (tertiary/aromatic N) is 1. The maximum Gasteiger partial charge on any atom is 0.241 e. The third kappa shape index (κ3) is 1.84. The van der Waals surface area contributed by atoms with Crippen LogP contribution in [0.1, 0.15) is 39.5 Å². The molecule has 0 radical (unpaired) electrons. The van der Waals surface area contributed by atoms with E-state index in [1.54, 1.807) is 7.11 Å². The zero-order chi connectivity index (χ0) is 11.8. The number of carbonyl (C=O) groups is 1. The first-order valence-electron chi connectivity index (χ1n) is 6.23. The Morgan fingerprint density at radius 1 is 1.56 bits per heavy atom. The van der Waals surface area contributed by atoms with Crippen LogP contribution in [0.4, 0.5) is 0 Å². The van der Waals surface area contributed by atoms with Crippen LogP contribution in [0.15, 0.2) is 0 Å². The van der Waals surface area contributed by atoms with Crippen LogP contribution in [0.25, 0.3) is 0 Å². The molecule has 4 heteroatoms. The topological polar surface area (TPSA) is 41.6 Å². The number of carbonyl (C=O) groups excluding carboxylic acids is 1. The number of rotatable bonds is 4. The van der Waals surface area contributed by atoms with Crippen molar-refractivity contribution in [2.45, 2.75) is 57.3 Å². The van der Waals surface area contributed by atoms with E-state index in [0.29, 0.717) is 0 Å². The molecular weight excluding hydrogens is 204 g/mol. The van der Waals surface area contributed by atoms with Crippen LogP contribution in [-0.4, -0.2) is 42.3 Å². The molecule has 0 spiro atoms. The number of hydrogen-bond donors (Lipinski definition) is 1. The number of amides is 1. The van der Waals surface area contributed by atoms with Crippen LogP contribution >= 0.6 is 0 Å². The Kier molecular flexibility index (Phi) is 3.22. The maximum atomic E-state index is 12.1. The van der Waals surface area contributed by atoms with Gasteiger partial charge in [0.2, 0.25) is 5.91 Å². The molecule has 1 heterocycles.